The van der Waals surface area contributed by atoms with E-state index in [0.717, 1.165) is 27.8 Å². The molecule has 4 aromatic rings. The monoisotopic (exact) mass is 451 g/mol. The molecule has 1 N–H and O–H groups in total. The summed E-state index contributed by atoms with van der Waals surface area (Å²) >= 11 is 0. The molecule has 0 aliphatic heterocycles. The lowest BCUT2D eigenvalue weighted by molar-refractivity contribution is 0.0879. The van der Waals surface area contributed by atoms with Gasteiger partial charge in [0.15, 0.2) is 5.60 Å². The van der Waals surface area contributed by atoms with Crippen molar-refractivity contribution in [2.75, 3.05) is 20.2 Å². The molecule has 34 heavy (non-hydrogen) atoms. The predicted molar refractivity (Wildman–Crippen MR) is 128 cm³/mol. The highest BCUT2D eigenvalue weighted by Crippen LogP contribution is 2.50. The van der Waals surface area contributed by atoms with Gasteiger partial charge in [0, 0.05) is 17.7 Å². The third-order valence-corrected chi connectivity index (χ3v) is 6.18. The highest BCUT2D eigenvalue weighted by atomic mass is 16.5. The molecule has 3 aromatic carbocycles. The van der Waals surface area contributed by atoms with Crippen LogP contribution in [0.25, 0.3) is 11.1 Å². The number of aliphatic hydroxyl groups is 1. The van der Waals surface area contributed by atoms with E-state index in [-0.39, 0.29) is 5.89 Å². The Morgan fingerprint density at radius 3 is 2.29 bits per heavy atom. The maximum absolute atomic E-state index is 11.8. The van der Waals surface area contributed by atoms with Gasteiger partial charge in [-0.1, -0.05) is 60.7 Å². The van der Waals surface area contributed by atoms with Crippen molar-refractivity contribution < 1.29 is 14.3 Å². The molecule has 0 saturated carbocycles. The fraction of sp³-hybridized carbons (Fsp3) is 0.214. The van der Waals surface area contributed by atoms with E-state index in [1.807, 2.05) is 67.7 Å². The Morgan fingerprint density at radius 1 is 1.00 bits per heavy atom. The summed E-state index contributed by atoms with van der Waals surface area (Å²) in [5.74, 6) is 0.963. The third-order valence-electron chi connectivity index (χ3n) is 6.18. The molecule has 0 radical (unpaired) electrons. The lowest BCUT2D eigenvalue weighted by Crippen LogP contribution is -2.26. The van der Waals surface area contributed by atoms with Gasteiger partial charge in [-0.2, -0.15) is 5.26 Å². The number of oxazole rings is 1. The summed E-state index contributed by atoms with van der Waals surface area (Å²) in [4.78, 5) is 6.56. The standard InChI is InChI=1S/C28H25N3O3/c1-31(14-15-33-19-21-12-10-20(16-29)11-13-21)18-22-17-30-27(34-22)28(32)25-8-4-2-6-23(25)24-7-3-5-9-26(24)28/h2-13,17,32H,14-15,18-19H2,1H3. The summed E-state index contributed by atoms with van der Waals surface area (Å²) in [6.45, 7) is 2.31. The molecule has 1 aliphatic carbocycles. The number of benzene rings is 3. The first-order valence-electron chi connectivity index (χ1n) is 11.2. The van der Waals surface area contributed by atoms with Crippen LogP contribution in [-0.4, -0.2) is 35.2 Å². The normalized spacial score (nSPS) is 13.5. The molecule has 0 saturated heterocycles. The van der Waals surface area contributed by atoms with Crippen molar-refractivity contribution in [2.45, 2.75) is 18.8 Å². The Morgan fingerprint density at radius 2 is 1.65 bits per heavy atom. The van der Waals surface area contributed by atoms with E-state index in [4.69, 9.17) is 14.4 Å². The van der Waals surface area contributed by atoms with Crippen LogP contribution in [0, 0.1) is 11.3 Å². The number of hydrogen-bond donors (Lipinski definition) is 1. The molecule has 0 bridgehead atoms. The Labute approximate surface area is 198 Å². The first-order chi connectivity index (χ1) is 16.6. The Kier molecular flexibility index (Phi) is 5.99. The van der Waals surface area contributed by atoms with E-state index in [0.29, 0.717) is 37.6 Å². The number of fused-ring (bicyclic) bond motifs is 3. The van der Waals surface area contributed by atoms with E-state index in [2.05, 4.69) is 16.0 Å². The molecule has 6 heteroatoms. The molecule has 1 heterocycles. The molecule has 0 atom stereocenters. The van der Waals surface area contributed by atoms with Crippen LogP contribution in [-0.2, 0) is 23.5 Å². The van der Waals surface area contributed by atoms with Gasteiger partial charge >= 0.3 is 0 Å². The zero-order chi connectivity index (χ0) is 23.5. The second-order valence-electron chi connectivity index (χ2n) is 8.53. The molecule has 1 aliphatic rings. The lowest BCUT2D eigenvalue weighted by Gasteiger charge is -2.22. The number of nitriles is 1. The highest BCUT2D eigenvalue weighted by molar-refractivity contribution is 5.81. The highest BCUT2D eigenvalue weighted by Gasteiger charge is 2.46. The van der Waals surface area contributed by atoms with Crippen LogP contribution < -0.4 is 0 Å². The molecular formula is C28H25N3O3. The zero-order valence-electron chi connectivity index (χ0n) is 18.9. The Hall–Kier alpha value is -3.76. The lowest BCUT2D eigenvalue weighted by atomic mass is 9.91. The SMILES string of the molecule is CN(CCOCc1ccc(C#N)cc1)Cc1cnc(C2(O)c3ccccc3-c3ccccc32)o1. The second kappa shape index (κ2) is 9.24. The topological polar surface area (TPSA) is 82.5 Å². The van der Waals surface area contributed by atoms with Crippen LogP contribution >= 0.6 is 0 Å². The molecule has 1 aromatic heterocycles. The Balaban J connectivity index is 1.22. The van der Waals surface area contributed by atoms with E-state index in [1.165, 1.54) is 0 Å². The number of hydrogen-bond acceptors (Lipinski definition) is 6. The van der Waals surface area contributed by atoms with E-state index in [1.54, 1.807) is 18.3 Å². The molecular weight excluding hydrogens is 426 g/mol. The van der Waals surface area contributed by atoms with Crippen molar-refractivity contribution >= 4 is 0 Å². The third kappa shape index (κ3) is 4.02. The summed E-state index contributed by atoms with van der Waals surface area (Å²) in [5.41, 5.74) is 3.84. The number of rotatable bonds is 8. The average molecular weight is 452 g/mol. The smallest absolute Gasteiger partial charge is 0.236 e. The van der Waals surface area contributed by atoms with Crippen molar-refractivity contribution in [3.8, 4) is 17.2 Å². The van der Waals surface area contributed by atoms with Crippen molar-refractivity contribution in [2.24, 2.45) is 0 Å². The fourth-order valence-electron chi connectivity index (χ4n) is 4.42. The van der Waals surface area contributed by atoms with Gasteiger partial charge in [0.2, 0.25) is 5.89 Å². The minimum Gasteiger partial charge on any atom is -0.441 e. The summed E-state index contributed by atoms with van der Waals surface area (Å²) in [5, 5.41) is 20.7. The van der Waals surface area contributed by atoms with Gasteiger partial charge in [-0.15, -0.1) is 0 Å². The largest absolute Gasteiger partial charge is 0.441 e. The quantitative estimate of drug-likeness (QED) is 0.398. The molecule has 0 amide bonds. The van der Waals surface area contributed by atoms with Gasteiger partial charge in [-0.25, -0.2) is 4.98 Å². The maximum Gasteiger partial charge on any atom is 0.236 e. The molecule has 170 valence electrons. The molecule has 0 fully saturated rings. The predicted octanol–water partition coefficient (Wildman–Crippen LogP) is 4.46. The van der Waals surface area contributed by atoms with Crippen molar-refractivity contribution in [3.05, 3.63) is 113 Å². The zero-order valence-corrected chi connectivity index (χ0v) is 18.9. The second-order valence-corrected chi connectivity index (χ2v) is 8.53. The van der Waals surface area contributed by atoms with Crippen LogP contribution in [0.3, 0.4) is 0 Å². The van der Waals surface area contributed by atoms with Crippen LogP contribution in [0.4, 0.5) is 0 Å². The van der Waals surface area contributed by atoms with Crippen LogP contribution in [0.2, 0.25) is 0 Å². The first-order valence-corrected chi connectivity index (χ1v) is 11.2. The van der Waals surface area contributed by atoms with Crippen LogP contribution in [0.1, 0.15) is 33.9 Å². The average Bonchev–Trinajstić information content (AvgIpc) is 3.45. The van der Waals surface area contributed by atoms with Gasteiger partial charge in [-0.3, -0.25) is 4.90 Å². The first kappa shape index (κ1) is 22.1. The van der Waals surface area contributed by atoms with Gasteiger partial charge in [0.05, 0.1) is 37.6 Å². The fourth-order valence-corrected chi connectivity index (χ4v) is 4.42. The van der Waals surface area contributed by atoms with E-state index < -0.39 is 5.60 Å². The van der Waals surface area contributed by atoms with Gasteiger partial charge in [0.25, 0.3) is 0 Å². The van der Waals surface area contributed by atoms with Gasteiger partial charge in [-0.05, 0) is 35.9 Å². The Bertz CT molecular complexity index is 1290. The number of nitrogens with zero attached hydrogens (tertiary/aromatic N) is 3. The van der Waals surface area contributed by atoms with Crippen LogP contribution in [0.5, 0.6) is 0 Å². The summed E-state index contributed by atoms with van der Waals surface area (Å²) in [7, 11) is 1.99. The number of ether oxygens (including phenoxy) is 1. The van der Waals surface area contributed by atoms with Crippen molar-refractivity contribution in [1.29, 1.82) is 5.26 Å². The van der Waals surface area contributed by atoms with E-state index in [9.17, 15) is 5.11 Å². The minimum atomic E-state index is -1.41. The van der Waals surface area contributed by atoms with E-state index >= 15 is 0 Å². The summed E-state index contributed by atoms with van der Waals surface area (Å²) in [6.07, 6.45) is 1.69. The maximum atomic E-state index is 11.8. The molecule has 6 nitrogen and oxygen atoms in total. The number of likely N-dealkylation sites (N-methyl/N-ethyl adjacent to an activating group) is 1. The van der Waals surface area contributed by atoms with Gasteiger partial charge in [0.1, 0.15) is 5.76 Å². The van der Waals surface area contributed by atoms with Crippen molar-refractivity contribution in [3.63, 3.8) is 0 Å². The molecule has 5 rings (SSSR count). The number of aromatic nitrogens is 1. The minimum absolute atomic E-state index is 0.283. The summed E-state index contributed by atoms with van der Waals surface area (Å²) < 4.78 is 11.9. The molecule has 0 spiro atoms. The van der Waals surface area contributed by atoms with Crippen molar-refractivity contribution in [1.82, 2.24) is 9.88 Å². The van der Waals surface area contributed by atoms with Crippen LogP contribution in [0.15, 0.2) is 83.4 Å². The van der Waals surface area contributed by atoms with Gasteiger partial charge < -0.3 is 14.3 Å². The summed E-state index contributed by atoms with van der Waals surface area (Å²) in [6, 6.07) is 25.2. The molecule has 0 unspecified atom stereocenters.